The Hall–Kier alpha value is -1.87. The Morgan fingerprint density at radius 3 is 2.47 bits per heavy atom. The number of halogens is 1. The van der Waals surface area contributed by atoms with Gasteiger partial charge in [0.1, 0.15) is 5.82 Å². The molecule has 0 saturated heterocycles. The molecule has 0 radical (unpaired) electrons. The second-order valence-electron chi connectivity index (χ2n) is 3.80. The summed E-state index contributed by atoms with van der Waals surface area (Å²) in [6.07, 6.45) is 0.530. The molecule has 0 atom stereocenters. The van der Waals surface area contributed by atoms with Gasteiger partial charge in [-0.2, -0.15) is 0 Å². The fourth-order valence-corrected chi connectivity index (χ4v) is 1.75. The molecule has 2 rings (SSSR count). The Balaban J connectivity index is 2.29. The molecule has 0 aliphatic carbocycles. The van der Waals surface area contributed by atoms with Crippen molar-refractivity contribution >= 4 is 11.4 Å². The smallest absolute Gasteiger partial charge is 0.128 e. The number of nitrogens with one attached hydrogen (secondary N) is 1. The summed E-state index contributed by atoms with van der Waals surface area (Å²) in [4.78, 5) is 0. The lowest BCUT2D eigenvalue weighted by atomic mass is 10.1. The zero-order valence-corrected chi connectivity index (χ0v) is 9.49. The van der Waals surface area contributed by atoms with Crippen LogP contribution in [0.25, 0.3) is 0 Å². The highest BCUT2D eigenvalue weighted by atomic mass is 19.1. The van der Waals surface area contributed by atoms with E-state index in [0.29, 0.717) is 18.5 Å². The summed E-state index contributed by atoms with van der Waals surface area (Å²) in [5.74, 6) is -0.212. The van der Waals surface area contributed by atoms with E-state index in [4.69, 9.17) is 5.73 Å². The maximum atomic E-state index is 13.6. The second kappa shape index (κ2) is 5.46. The molecule has 3 heteroatoms. The molecule has 0 spiro atoms. The van der Waals surface area contributed by atoms with E-state index in [0.717, 1.165) is 11.4 Å². The summed E-state index contributed by atoms with van der Waals surface area (Å²) in [6, 6.07) is 14.7. The van der Waals surface area contributed by atoms with E-state index in [1.54, 1.807) is 6.07 Å². The van der Waals surface area contributed by atoms with E-state index in [9.17, 15) is 4.39 Å². The van der Waals surface area contributed by atoms with E-state index < -0.39 is 0 Å². The summed E-state index contributed by atoms with van der Waals surface area (Å²) in [5, 5.41) is 3.20. The Labute approximate surface area is 100 Å². The van der Waals surface area contributed by atoms with Crippen LogP contribution in [-0.4, -0.2) is 6.54 Å². The maximum Gasteiger partial charge on any atom is 0.128 e. The van der Waals surface area contributed by atoms with Crippen LogP contribution in [0.4, 0.5) is 15.8 Å². The Morgan fingerprint density at radius 2 is 1.76 bits per heavy atom. The van der Waals surface area contributed by atoms with Gasteiger partial charge in [0.05, 0.1) is 0 Å². The van der Waals surface area contributed by atoms with E-state index >= 15 is 0 Å². The first-order valence-corrected chi connectivity index (χ1v) is 5.61. The lowest BCUT2D eigenvalue weighted by Crippen LogP contribution is -2.07. The van der Waals surface area contributed by atoms with E-state index in [-0.39, 0.29) is 5.82 Å². The minimum atomic E-state index is -0.212. The molecule has 0 heterocycles. The number of anilines is 2. The molecule has 0 aromatic heterocycles. The Morgan fingerprint density at radius 1 is 1.00 bits per heavy atom. The third-order valence-electron chi connectivity index (χ3n) is 2.57. The molecular formula is C14H15FN2. The minimum absolute atomic E-state index is 0.212. The van der Waals surface area contributed by atoms with Crippen molar-refractivity contribution in [1.29, 1.82) is 0 Å². The Bertz CT molecular complexity index is 483. The summed E-state index contributed by atoms with van der Waals surface area (Å²) in [6.45, 7) is 0.435. The standard InChI is InChI=1S/C14H15FN2/c15-13-7-4-8-14(12(13)9-10-16)17-11-5-2-1-3-6-11/h1-8,17H,9-10,16H2. The predicted molar refractivity (Wildman–Crippen MR) is 68.9 cm³/mol. The molecule has 0 aliphatic heterocycles. The summed E-state index contributed by atoms with van der Waals surface area (Å²) >= 11 is 0. The second-order valence-corrected chi connectivity index (χ2v) is 3.80. The first-order valence-electron chi connectivity index (χ1n) is 5.61. The molecule has 17 heavy (non-hydrogen) atoms. The number of nitrogens with two attached hydrogens (primary N) is 1. The van der Waals surface area contributed by atoms with Crippen molar-refractivity contribution in [3.05, 3.63) is 59.9 Å². The van der Waals surface area contributed by atoms with Crippen molar-refractivity contribution in [1.82, 2.24) is 0 Å². The SMILES string of the molecule is NCCc1c(F)cccc1Nc1ccccc1. The van der Waals surface area contributed by atoms with Gasteiger partial charge in [0, 0.05) is 16.9 Å². The van der Waals surface area contributed by atoms with Crippen LogP contribution in [0, 0.1) is 5.82 Å². The highest BCUT2D eigenvalue weighted by Gasteiger charge is 2.07. The topological polar surface area (TPSA) is 38.0 Å². The molecule has 0 unspecified atom stereocenters. The van der Waals surface area contributed by atoms with Crippen molar-refractivity contribution in [3.63, 3.8) is 0 Å². The van der Waals surface area contributed by atoms with Crippen LogP contribution in [0.2, 0.25) is 0 Å². The highest BCUT2D eigenvalue weighted by molar-refractivity contribution is 5.63. The van der Waals surface area contributed by atoms with Gasteiger partial charge < -0.3 is 11.1 Å². The molecule has 0 aliphatic rings. The molecule has 2 nitrogen and oxygen atoms in total. The molecule has 3 N–H and O–H groups in total. The van der Waals surface area contributed by atoms with Crippen molar-refractivity contribution in [2.24, 2.45) is 5.73 Å². The molecule has 0 saturated carbocycles. The fourth-order valence-electron chi connectivity index (χ4n) is 1.75. The van der Waals surface area contributed by atoms with Gasteiger partial charge in [-0.25, -0.2) is 4.39 Å². The third-order valence-corrected chi connectivity index (χ3v) is 2.57. The largest absolute Gasteiger partial charge is 0.355 e. The van der Waals surface area contributed by atoms with Crippen LogP contribution in [0.3, 0.4) is 0 Å². The van der Waals surface area contributed by atoms with E-state index in [1.807, 2.05) is 36.4 Å². The average molecular weight is 230 g/mol. The minimum Gasteiger partial charge on any atom is -0.355 e. The van der Waals surface area contributed by atoms with Crippen LogP contribution in [0.15, 0.2) is 48.5 Å². The number of hydrogen-bond donors (Lipinski definition) is 2. The fraction of sp³-hybridized carbons (Fsp3) is 0.143. The number of para-hydroxylation sites is 1. The zero-order valence-electron chi connectivity index (χ0n) is 9.49. The van der Waals surface area contributed by atoms with Gasteiger partial charge in [0.2, 0.25) is 0 Å². The van der Waals surface area contributed by atoms with Gasteiger partial charge in [-0.05, 0) is 37.2 Å². The van der Waals surface area contributed by atoms with Gasteiger partial charge in [-0.1, -0.05) is 24.3 Å². The molecular weight excluding hydrogens is 215 g/mol. The van der Waals surface area contributed by atoms with Crippen LogP contribution in [-0.2, 0) is 6.42 Å². The molecule has 0 fully saturated rings. The first-order chi connectivity index (χ1) is 8.31. The van der Waals surface area contributed by atoms with Gasteiger partial charge >= 0.3 is 0 Å². The lowest BCUT2D eigenvalue weighted by molar-refractivity contribution is 0.610. The summed E-state index contributed by atoms with van der Waals surface area (Å²) in [7, 11) is 0. The van der Waals surface area contributed by atoms with Crippen LogP contribution in [0.5, 0.6) is 0 Å². The van der Waals surface area contributed by atoms with Gasteiger partial charge in [0.25, 0.3) is 0 Å². The van der Waals surface area contributed by atoms with Crippen LogP contribution >= 0.6 is 0 Å². The van der Waals surface area contributed by atoms with E-state index in [2.05, 4.69) is 5.32 Å². The predicted octanol–water partition coefficient (Wildman–Crippen LogP) is 3.07. The quantitative estimate of drug-likeness (QED) is 0.847. The zero-order chi connectivity index (χ0) is 12.1. The lowest BCUT2D eigenvalue weighted by Gasteiger charge is -2.12. The Kier molecular flexibility index (Phi) is 3.73. The van der Waals surface area contributed by atoms with Crippen molar-refractivity contribution in [2.45, 2.75) is 6.42 Å². The summed E-state index contributed by atoms with van der Waals surface area (Å²) in [5.41, 5.74) is 7.86. The van der Waals surface area contributed by atoms with Gasteiger partial charge in [0.15, 0.2) is 0 Å². The third kappa shape index (κ3) is 2.82. The summed E-state index contributed by atoms with van der Waals surface area (Å²) < 4.78 is 13.6. The van der Waals surface area contributed by atoms with Gasteiger partial charge in [-0.3, -0.25) is 0 Å². The highest BCUT2D eigenvalue weighted by Crippen LogP contribution is 2.23. The normalized spacial score (nSPS) is 10.2. The maximum absolute atomic E-state index is 13.6. The first kappa shape index (κ1) is 11.6. The van der Waals surface area contributed by atoms with Crippen molar-refractivity contribution in [2.75, 3.05) is 11.9 Å². The average Bonchev–Trinajstić information content (AvgIpc) is 2.35. The molecule has 0 amide bonds. The van der Waals surface area contributed by atoms with Crippen molar-refractivity contribution < 1.29 is 4.39 Å². The van der Waals surface area contributed by atoms with E-state index in [1.165, 1.54) is 6.07 Å². The van der Waals surface area contributed by atoms with Crippen LogP contribution < -0.4 is 11.1 Å². The molecule has 88 valence electrons. The molecule has 2 aromatic rings. The molecule has 0 bridgehead atoms. The number of hydrogen-bond acceptors (Lipinski definition) is 2. The molecule has 2 aromatic carbocycles. The van der Waals surface area contributed by atoms with Crippen molar-refractivity contribution in [3.8, 4) is 0 Å². The van der Waals surface area contributed by atoms with Crippen LogP contribution in [0.1, 0.15) is 5.56 Å². The van der Waals surface area contributed by atoms with Gasteiger partial charge in [-0.15, -0.1) is 0 Å². The number of benzene rings is 2. The number of rotatable bonds is 4. The monoisotopic (exact) mass is 230 g/mol.